The molecule has 0 amide bonds. The Hall–Kier alpha value is -3.87. The number of aromatic nitrogens is 4. The monoisotopic (exact) mass is 385 g/mol. The number of para-hydroxylation sites is 1. The van der Waals surface area contributed by atoms with Gasteiger partial charge in [-0.15, -0.1) is 0 Å². The normalized spacial score (nSPS) is 10.9. The number of nitrogens with zero attached hydrogens (tertiary/aromatic N) is 4. The molecule has 3 heterocycles. The number of fused-ring (bicyclic) bond motifs is 1. The van der Waals surface area contributed by atoms with Crippen LogP contribution in [0.25, 0.3) is 16.6 Å². The van der Waals surface area contributed by atoms with Crippen molar-refractivity contribution < 1.29 is 4.79 Å². The predicted octanol–water partition coefficient (Wildman–Crippen LogP) is 3.74. The lowest BCUT2D eigenvalue weighted by Crippen LogP contribution is -2.26. The van der Waals surface area contributed by atoms with Gasteiger partial charge in [0.05, 0.1) is 29.2 Å². The summed E-state index contributed by atoms with van der Waals surface area (Å²) in [6.07, 6.45) is 4.95. The highest BCUT2D eigenvalue weighted by Gasteiger charge is 2.19. The van der Waals surface area contributed by atoms with Gasteiger partial charge in [0.15, 0.2) is 5.78 Å². The van der Waals surface area contributed by atoms with E-state index in [0.717, 1.165) is 11.1 Å². The zero-order chi connectivity index (χ0) is 20.5. The van der Waals surface area contributed by atoms with Crippen LogP contribution in [0.3, 0.4) is 0 Å². The van der Waals surface area contributed by atoms with Crippen LogP contribution in [0.5, 0.6) is 0 Å². The molecule has 144 valence electrons. The van der Waals surface area contributed by atoms with Gasteiger partial charge >= 0.3 is 0 Å². The van der Waals surface area contributed by atoms with Crippen LogP contribution in [-0.4, -0.2) is 25.3 Å². The molecule has 0 unspecified atom stereocenters. The minimum absolute atomic E-state index is 0.174. The number of rotatable bonds is 4. The largest absolute Gasteiger partial charge is 0.324 e. The summed E-state index contributed by atoms with van der Waals surface area (Å²) in [5.41, 5.74) is 2.60. The highest BCUT2D eigenvalue weighted by Crippen LogP contribution is 2.25. The van der Waals surface area contributed by atoms with Gasteiger partial charge in [0.1, 0.15) is 11.6 Å². The first kappa shape index (κ1) is 18.5. The maximum Gasteiger partial charge on any atom is 0.266 e. The van der Waals surface area contributed by atoms with Crippen molar-refractivity contribution in [2.45, 2.75) is 20.8 Å². The molecule has 0 aliphatic rings. The molecular formula is C22H19N5O2. The Morgan fingerprint density at radius 3 is 2.34 bits per heavy atom. The van der Waals surface area contributed by atoms with Crippen LogP contribution >= 0.6 is 0 Å². The summed E-state index contributed by atoms with van der Waals surface area (Å²) >= 11 is 0. The number of nitrogens with one attached hydrogen (secondary N) is 1. The van der Waals surface area contributed by atoms with Crippen molar-refractivity contribution >= 4 is 28.3 Å². The van der Waals surface area contributed by atoms with Gasteiger partial charge in [0.25, 0.3) is 5.56 Å². The molecule has 0 fully saturated rings. The molecule has 1 N–H and O–H groups in total. The first-order valence-corrected chi connectivity index (χ1v) is 9.13. The summed E-state index contributed by atoms with van der Waals surface area (Å²) in [7, 11) is 0. The first-order chi connectivity index (χ1) is 14.0. The Kier molecular flexibility index (Phi) is 4.64. The molecule has 0 radical (unpaired) electrons. The van der Waals surface area contributed by atoms with Crippen LogP contribution in [0.2, 0.25) is 0 Å². The lowest BCUT2D eigenvalue weighted by atomic mass is 10.0. The van der Waals surface area contributed by atoms with Crippen molar-refractivity contribution in [2.24, 2.45) is 0 Å². The number of Topliss-reactive ketones (excluding diaryl/α,β-unsaturated/α-hetero) is 1. The summed E-state index contributed by atoms with van der Waals surface area (Å²) in [4.78, 5) is 38.4. The van der Waals surface area contributed by atoms with Crippen LogP contribution in [0.15, 0.2) is 59.8 Å². The van der Waals surface area contributed by atoms with Crippen LogP contribution in [0.4, 0.5) is 11.6 Å². The van der Waals surface area contributed by atoms with Crippen molar-refractivity contribution in [2.75, 3.05) is 5.32 Å². The SMILES string of the molecule is CC(=O)c1c(C)c2cnc(Nc3cnc(C)cn3)cc2n(-c2ccccc2)c1=O. The fourth-order valence-electron chi connectivity index (χ4n) is 3.34. The molecule has 7 heteroatoms. The predicted molar refractivity (Wildman–Crippen MR) is 112 cm³/mol. The summed E-state index contributed by atoms with van der Waals surface area (Å²) in [6.45, 7) is 5.04. The molecule has 0 atom stereocenters. The molecule has 4 aromatic rings. The van der Waals surface area contributed by atoms with E-state index in [1.807, 2.05) is 37.3 Å². The third-order valence-electron chi connectivity index (χ3n) is 4.72. The van der Waals surface area contributed by atoms with E-state index in [9.17, 15) is 9.59 Å². The second-order valence-corrected chi connectivity index (χ2v) is 6.79. The molecule has 0 bridgehead atoms. The van der Waals surface area contributed by atoms with E-state index >= 15 is 0 Å². The summed E-state index contributed by atoms with van der Waals surface area (Å²) in [5.74, 6) is 0.805. The summed E-state index contributed by atoms with van der Waals surface area (Å²) in [6, 6.07) is 11.0. The van der Waals surface area contributed by atoms with Crippen molar-refractivity contribution in [3.63, 3.8) is 0 Å². The van der Waals surface area contributed by atoms with Crippen LogP contribution in [0, 0.1) is 13.8 Å². The van der Waals surface area contributed by atoms with E-state index in [4.69, 9.17) is 0 Å². The lowest BCUT2D eigenvalue weighted by molar-refractivity contribution is 0.101. The Morgan fingerprint density at radius 2 is 1.69 bits per heavy atom. The van der Waals surface area contributed by atoms with Gasteiger partial charge in [0, 0.05) is 23.3 Å². The van der Waals surface area contributed by atoms with Gasteiger partial charge < -0.3 is 5.32 Å². The van der Waals surface area contributed by atoms with E-state index in [-0.39, 0.29) is 16.9 Å². The molecule has 0 spiro atoms. The number of pyridine rings is 2. The molecule has 1 aromatic carbocycles. The van der Waals surface area contributed by atoms with Crippen molar-refractivity contribution in [1.82, 2.24) is 19.5 Å². The highest BCUT2D eigenvalue weighted by atomic mass is 16.1. The van der Waals surface area contributed by atoms with E-state index in [1.165, 1.54) is 6.92 Å². The molecular weight excluding hydrogens is 366 g/mol. The van der Waals surface area contributed by atoms with E-state index < -0.39 is 0 Å². The highest BCUT2D eigenvalue weighted by molar-refractivity contribution is 6.00. The maximum atomic E-state index is 13.2. The van der Waals surface area contributed by atoms with Crippen LogP contribution < -0.4 is 10.9 Å². The fraction of sp³-hybridized carbons (Fsp3) is 0.136. The molecule has 0 saturated heterocycles. The zero-order valence-electron chi connectivity index (χ0n) is 16.3. The Balaban J connectivity index is 1.97. The number of aryl methyl sites for hydroxylation is 2. The smallest absolute Gasteiger partial charge is 0.266 e. The number of carbonyl (C=O) groups excluding carboxylic acids is 1. The molecule has 0 saturated carbocycles. The topological polar surface area (TPSA) is 89.8 Å². The third-order valence-corrected chi connectivity index (χ3v) is 4.72. The fourth-order valence-corrected chi connectivity index (χ4v) is 3.34. The number of carbonyl (C=O) groups is 1. The Labute approximate surface area is 167 Å². The van der Waals surface area contributed by atoms with Gasteiger partial charge in [-0.25, -0.2) is 9.97 Å². The van der Waals surface area contributed by atoms with Crippen molar-refractivity contribution in [1.29, 1.82) is 0 Å². The summed E-state index contributed by atoms with van der Waals surface area (Å²) in [5, 5.41) is 3.85. The maximum absolute atomic E-state index is 13.2. The minimum atomic E-state index is -0.346. The molecule has 0 aliphatic carbocycles. The Morgan fingerprint density at radius 1 is 0.966 bits per heavy atom. The van der Waals surface area contributed by atoms with Crippen molar-refractivity contribution in [3.8, 4) is 5.69 Å². The third kappa shape index (κ3) is 3.38. The van der Waals surface area contributed by atoms with Crippen LogP contribution in [0.1, 0.15) is 28.5 Å². The standard InChI is InChI=1S/C22H19N5O2/c1-13-10-24-20(12-23-13)26-19-9-18-17(11-25-19)14(2)21(15(3)28)22(29)27(18)16-7-5-4-6-8-16/h4-12H,1-3H3,(H,24,25,26). The van der Waals surface area contributed by atoms with Gasteiger partial charge in [-0.3, -0.25) is 19.1 Å². The number of benzene rings is 1. The number of ketones is 1. The molecule has 3 aromatic heterocycles. The van der Waals surface area contributed by atoms with Crippen molar-refractivity contribution in [3.05, 3.63) is 82.2 Å². The molecule has 4 rings (SSSR count). The number of anilines is 2. The van der Waals surface area contributed by atoms with Gasteiger partial charge in [0.2, 0.25) is 0 Å². The van der Waals surface area contributed by atoms with E-state index in [2.05, 4.69) is 20.3 Å². The second kappa shape index (κ2) is 7.27. The van der Waals surface area contributed by atoms with Gasteiger partial charge in [-0.1, -0.05) is 18.2 Å². The van der Waals surface area contributed by atoms with E-state index in [1.54, 1.807) is 36.1 Å². The van der Waals surface area contributed by atoms with Gasteiger partial charge in [-0.2, -0.15) is 0 Å². The average Bonchev–Trinajstić information content (AvgIpc) is 2.70. The van der Waals surface area contributed by atoms with Crippen LogP contribution in [-0.2, 0) is 0 Å². The molecule has 7 nitrogen and oxygen atoms in total. The van der Waals surface area contributed by atoms with E-state index in [0.29, 0.717) is 28.4 Å². The lowest BCUT2D eigenvalue weighted by Gasteiger charge is -2.16. The zero-order valence-corrected chi connectivity index (χ0v) is 16.3. The Bertz CT molecular complexity index is 1280. The quantitative estimate of drug-likeness (QED) is 0.538. The average molecular weight is 385 g/mol. The minimum Gasteiger partial charge on any atom is -0.324 e. The number of hydrogen-bond donors (Lipinski definition) is 1. The second-order valence-electron chi connectivity index (χ2n) is 6.79. The van der Waals surface area contributed by atoms with Gasteiger partial charge in [-0.05, 0) is 38.5 Å². The number of hydrogen-bond acceptors (Lipinski definition) is 6. The molecule has 29 heavy (non-hydrogen) atoms. The first-order valence-electron chi connectivity index (χ1n) is 9.13. The summed E-state index contributed by atoms with van der Waals surface area (Å²) < 4.78 is 1.55. The molecule has 0 aliphatic heterocycles.